The van der Waals surface area contributed by atoms with E-state index in [1.165, 1.54) is 17.4 Å². The summed E-state index contributed by atoms with van der Waals surface area (Å²) in [6.07, 6.45) is 2.95. The summed E-state index contributed by atoms with van der Waals surface area (Å²) >= 11 is 1.52. The molecular formula is C18H19N3O2S. The Hall–Kier alpha value is -2.47. The van der Waals surface area contributed by atoms with Gasteiger partial charge in [-0.3, -0.25) is 9.59 Å². The molecular weight excluding hydrogens is 322 g/mol. The summed E-state index contributed by atoms with van der Waals surface area (Å²) in [6, 6.07) is 5.56. The van der Waals surface area contributed by atoms with Gasteiger partial charge in [0.2, 0.25) is 5.91 Å². The fraction of sp³-hybridized carbons (Fsp3) is 0.278. The molecule has 124 valence electrons. The molecule has 0 atom stereocenters. The Morgan fingerprint density at radius 3 is 3.00 bits per heavy atom. The molecule has 0 unspecified atom stereocenters. The second-order valence-electron chi connectivity index (χ2n) is 5.74. The number of benzene rings is 1. The van der Waals surface area contributed by atoms with Crippen molar-refractivity contribution in [2.75, 3.05) is 18.5 Å². The number of fused-ring (bicyclic) bond motifs is 1. The van der Waals surface area contributed by atoms with Gasteiger partial charge in [-0.25, -0.2) is 4.98 Å². The summed E-state index contributed by atoms with van der Waals surface area (Å²) in [5.41, 5.74) is 5.06. The van der Waals surface area contributed by atoms with Gasteiger partial charge in [0.05, 0.1) is 17.7 Å². The summed E-state index contributed by atoms with van der Waals surface area (Å²) in [5, 5.41) is 1.94. The first kappa shape index (κ1) is 16.4. The molecule has 2 amide bonds. The lowest BCUT2D eigenvalue weighted by Gasteiger charge is -2.30. The number of hydrogen-bond acceptors (Lipinski definition) is 4. The topological polar surface area (TPSA) is 53.5 Å². The maximum atomic E-state index is 12.9. The van der Waals surface area contributed by atoms with Crippen LogP contribution in [0.25, 0.3) is 0 Å². The average molecular weight is 341 g/mol. The van der Waals surface area contributed by atoms with E-state index < -0.39 is 0 Å². The third kappa shape index (κ3) is 3.10. The number of thiazole rings is 1. The summed E-state index contributed by atoms with van der Waals surface area (Å²) in [6.45, 7) is 4.69. The van der Waals surface area contributed by atoms with Gasteiger partial charge < -0.3 is 9.80 Å². The highest BCUT2D eigenvalue weighted by Gasteiger charge is 2.26. The predicted molar refractivity (Wildman–Crippen MR) is 95.2 cm³/mol. The second kappa shape index (κ2) is 6.97. The molecule has 1 aromatic carbocycles. The van der Waals surface area contributed by atoms with E-state index in [0.29, 0.717) is 18.7 Å². The molecule has 3 rings (SSSR count). The van der Waals surface area contributed by atoms with Crippen LogP contribution in [0.1, 0.15) is 28.0 Å². The van der Waals surface area contributed by atoms with Gasteiger partial charge in [-0.15, -0.1) is 11.3 Å². The van der Waals surface area contributed by atoms with E-state index in [2.05, 4.69) is 11.6 Å². The number of rotatable bonds is 4. The van der Waals surface area contributed by atoms with Crippen molar-refractivity contribution in [1.29, 1.82) is 0 Å². The molecule has 1 aliphatic rings. The lowest BCUT2D eigenvalue weighted by molar-refractivity contribution is -0.114. The quantitative estimate of drug-likeness (QED) is 0.804. The van der Waals surface area contributed by atoms with Crippen molar-refractivity contribution >= 4 is 28.8 Å². The summed E-state index contributed by atoms with van der Waals surface area (Å²) in [5.74, 6) is -0.177. The van der Waals surface area contributed by atoms with Crippen molar-refractivity contribution in [2.45, 2.75) is 19.4 Å². The number of amides is 2. The zero-order valence-corrected chi connectivity index (χ0v) is 14.4. The van der Waals surface area contributed by atoms with Gasteiger partial charge in [-0.1, -0.05) is 12.6 Å². The first-order chi connectivity index (χ1) is 11.6. The fourth-order valence-electron chi connectivity index (χ4n) is 3.00. The van der Waals surface area contributed by atoms with Gasteiger partial charge in [0.15, 0.2) is 0 Å². The maximum Gasteiger partial charge on any atom is 0.254 e. The predicted octanol–water partition coefficient (Wildman–Crippen LogP) is 2.88. The van der Waals surface area contributed by atoms with Gasteiger partial charge in [0.1, 0.15) is 0 Å². The van der Waals surface area contributed by atoms with Crippen LogP contribution >= 0.6 is 11.3 Å². The Bertz CT molecular complexity index is 771. The minimum Gasteiger partial charge on any atom is -0.336 e. The third-order valence-electron chi connectivity index (χ3n) is 4.15. The summed E-state index contributed by atoms with van der Waals surface area (Å²) in [7, 11) is 1.77. The smallest absolute Gasteiger partial charge is 0.254 e. The number of aromatic nitrogens is 1. The SMILES string of the molecule is C=CC(=O)N1CCCc2c(C(=O)N(C)Cc3cscn3)cccc21. The van der Waals surface area contributed by atoms with Crippen molar-refractivity contribution in [3.8, 4) is 0 Å². The zero-order valence-electron chi connectivity index (χ0n) is 13.6. The number of carbonyl (C=O) groups excluding carboxylic acids is 2. The minimum absolute atomic E-state index is 0.0484. The van der Waals surface area contributed by atoms with Crippen molar-refractivity contribution < 1.29 is 9.59 Å². The molecule has 6 heteroatoms. The van der Waals surface area contributed by atoms with Gasteiger partial charge in [-0.2, -0.15) is 0 Å². The molecule has 0 bridgehead atoms. The molecule has 2 heterocycles. The molecule has 0 saturated heterocycles. The molecule has 0 spiro atoms. The molecule has 1 aliphatic heterocycles. The Labute approximate surface area is 145 Å². The maximum absolute atomic E-state index is 12.9. The van der Waals surface area contributed by atoms with Crippen LogP contribution in [0.5, 0.6) is 0 Å². The number of anilines is 1. The van der Waals surface area contributed by atoms with Crippen LogP contribution in [0.2, 0.25) is 0 Å². The van der Waals surface area contributed by atoms with Crippen LogP contribution in [0.15, 0.2) is 41.7 Å². The summed E-state index contributed by atoms with van der Waals surface area (Å²) in [4.78, 5) is 32.5. The largest absolute Gasteiger partial charge is 0.336 e. The van der Waals surface area contributed by atoms with Crippen molar-refractivity contribution in [3.05, 3.63) is 58.6 Å². The number of hydrogen-bond donors (Lipinski definition) is 0. The van der Waals surface area contributed by atoms with E-state index >= 15 is 0 Å². The van der Waals surface area contributed by atoms with E-state index in [1.54, 1.807) is 22.4 Å². The van der Waals surface area contributed by atoms with Gasteiger partial charge in [0, 0.05) is 30.2 Å². The van der Waals surface area contributed by atoms with Crippen LogP contribution in [-0.4, -0.2) is 35.3 Å². The average Bonchev–Trinajstić information content (AvgIpc) is 3.12. The highest BCUT2D eigenvalue weighted by atomic mass is 32.1. The molecule has 0 aliphatic carbocycles. The van der Waals surface area contributed by atoms with E-state index in [-0.39, 0.29) is 11.8 Å². The third-order valence-corrected chi connectivity index (χ3v) is 4.79. The second-order valence-corrected chi connectivity index (χ2v) is 6.46. The van der Waals surface area contributed by atoms with E-state index in [9.17, 15) is 9.59 Å². The molecule has 1 aromatic heterocycles. The Kier molecular flexibility index (Phi) is 4.76. The van der Waals surface area contributed by atoms with Crippen molar-refractivity contribution in [3.63, 3.8) is 0 Å². The Morgan fingerprint density at radius 2 is 2.29 bits per heavy atom. The van der Waals surface area contributed by atoms with Gasteiger partial charge in [0.25, 0.3) is 5.91 Å². The minimum atomic E-state index is -0.128. The molecule has 24 heavy (non-hydrogen) atoms. The summed E-state index contributed by atoms with van der Waals surface area (Å²) < 4.78 is 0. The van der Waals surface area contributed by atoms with Crippen molar-refractivity contribution in [2.24, 2.45) is 0 Å². The molecule has 0 fully saturated rings. The Morgan fingerprint density at radius 1 is 1.46 bits per heavy atom. The highest BCUT2D eigenvalue weighted by Crippen LogP contribution is 2.31. The van der Waals surface area contributed by atoms with E-state index in [4.69, 9.17) is 0 Å². The zero-order chi connectivity index (χ0) is 17.1. The van der Waals surface area contributed by atoms with E-state index in [1.807, 2.05) is 23.6 Å². The lowest BCUT2D eigenvalue weighted by Crippen LogP contribution is -2.35. The molecule has 2 aromatic rings. The first-order valence-electron chi connectivity index (χ1n) is 7.80. The highest BCUT2D eigenvalue weighted by molar-refractivity contribution is 7.07. The van der Waals surface area contributed by atoms with Crippen LogP contribution in [0.3, 0.4) is 0 Å². The Balaban J connectivity index is 1.90. The molecule has 0 radical (unpaired) electrons. The van der Waals surface area contributed by atoms with E-state index in [0.717, 1.165) is 29.8 Å². The van der Waals surface area contributed by atoms with Crippen molar-refractivity contribution in [1.82, 2.24) is 9.88 Å². The molecule has 0 saturated carbocycles. The standard InChI is InChI=1S/C18H19N3O2S/c1-3-17(22)21-9-5-7-14-15(6-4-8-16(14)21)18(23)20(2)10-13-11-24-12-19-13/h3-4,6,8,11-12H,1,5,7,9-10H2,2H3. The monoisotopic (exact) mass is 341 g/mol. The van der Waals surface area contributed by atoms with Gasteiger partial charge in [-0.05, 0) is 36.6 Å². The lowest BCUT2D eigenvalue weighted by atomic mass is 9.95. The molecule has 5 nitrogen and oxygen atoms in total. The van der Waals surface area contributed by atoms with Gasteiger partial charge >= 0.3 is 0 Å². The fourth-order valence-corrected chi connectivity index (χ4v) is 3.55. The van der Waals surface area contributed by atoms with Crippen LogP contribution in [0, 0.1) is 0 Å². The molecule has 0 N–H and O–H groups in total. The number of nitrogens with zero attached hydrogens (tertiary/aromatic N) is 3. The number of carbonyl (C=O) groups is 2. The first-order valence-corrected chi connectivity index (χ1v) is 8.74. The normalized spacial score (nSPS) is 13.3. The van der Waals surface area contributed by atoms with Crippen LogP contribution < -0.4 is 4.90 Å². The van der Waals surface area contributed by atoms with Crippen LogP contribution in [-0.2, 0) is 17.8 Å². The van der Waals surface area contributed by atoms with Crippen LogP contribution in [0.4, 0.5) is 5.69 Å².